The summed E-state index contributed by atoms with van der Waals surface area (Å²) >= 11 is 0. The van der Waals surface area contributed by atoms with E-state index in [0.29, 0.717) is 0 Å². The molecule has 0 saturated carbocycles. The van der Waals surface area contributed by atoms with Gasteiger partial charge in [-0.2, -0.15) is 0 Å². The normalized spacial score (nSPS) is 26.3. The lowest BCUT2D eigenvalue weighted by Crippen LogP contribution is -2.29. The van der Waals surface area contributed by atoms with Crippen LogP contribution in [0.3, 0.4) is 0 Å². The van der Waals surface area contributed by atoms with Gasteiger partial charge in [-0.05, 0) is 18.1 Å². The molecule has 13 heavy (non-hydrogen) atoms. The summed E-state index contributed by atoms with van der Waals surface area (Å²) in [6, 6.07) is 8.21. The molecule has 1 heteroatoms. The minimum absolute atomic E-state index is 0.217. The van der Waals surface area contributed by atoms with Crippen LogP contribution in [0.4, 0.5) is 0 Å². The van der Waals surface area contributed by atoms with Crippen LogP contribution in [0.1, 0.15) is 25.8 Å². The van der Waals surface area contributed by atoms with Crippen molar-refractivity contribution < 1.29 is 4.74 Å². The third-order valence-electron chi connectivity index (χ3n) is 2.79. The van der Waals surface area contributed by atoms with Gasteiger partial charge < -0.3 is 4.74 Å². The van der Waals surface area contributed by atoms with Gasteiger partial charge in [0.15, 0.2) is 0 Å². The van der Waals surface area contributed by atoms with Gasteiger partial charge >= 0.3 is 0 Å². The lowest BCUT2D eigenvalue weighted by Gasteiger charge is -2.33. The Kier molecular flexibility index (Phi) is 2.03. The van der Waals surface area contributed by atoms with Crippen molar-refractivity contribution in [1.29, 1.82) is 0 Å². The van der Waals surface area contributed by atoms with Crippen molar-refractivity contribution in [2.45, 2.75) is 20.3 Å². The summed E-state index contributed by atoms with van der Waals surface area (Å²) in [5.41, 5.74) is 1.45. The molecule has 0 bridgehead atoms. The van der Waals surface area contributed by atoms with Crippen LogP contribution < -0.4 is 4.74 Å². The van der Waals surface area contributed by atoms with Crippen LogP contribution in [0.25, 0.3) is 0 Å². The quantitative estimate of drug-likeness (QED) is 0.637. The monoisotopic (exact) mass is 175 g/mol. The van der Waals surface area contributed by atoms with Crippen molar-refractivity contribution in [2.24, 2.45) is 5.41 Å². The number of benzene rings is 1. The summed E-state index contributed by atoms with van der Waals surface area (Å²) in [6.45, 7) is 5.25. The first-order valence-corrected chi connectivity index (χ1v) is 4.81. The van der Waals surface area contributed by atoms with Crippen molar-refractivity contribution in [2.75, 3.05) is 6.61 Å². The van der Waals surface area contributed by atoms with Crippen LogP contribution in [0.15, 0.2) is 24.3 Å². The standard InChI is InChI=1S/C12H15O/c1-3-12(2)8-10-6-4-5-7-11(10)13-9-12/h4-8H,3,9H2,1-2H3. The molecule has 69 valence electrons. The Balaban J connectivity index is 2.29. The van der Waals surface area contributed by atoms with Crippen LogP contribution in [0, 0.1) is 11.8 Å². The molecule has 1 aliphatic heterocycles. The van der Waals surface area contributed by atoms with E-state index < -0.39 is 0 Å². The van der Waals surface area contributed by atoms with Gasteiger partial charge in [0.25, 0.3) is 0 Å². The van der Waals surface area contributed by atoms with Gasteiger partial charge in [0.2, 0.25) is 0 Å². The first kappa shape index (κ1) is 8.61. The molecule has 0 saturated heterocycles. The summed E-state index contributed by atoms with van der Waals surface area (Å²) in [7, 11) is 0. The SMILES string of the molecule is CCC1(C)[CH]c2ccccc2OC1. The molecule has 1 unspecified atom stereocenters. The maximum absolute atomic E-state index is 5.70. The first-order valence-electron chi connectivity index (χ1n) is 4.81. The summed E-state index contributed by atoms with van der Waals surface area (Å²) < 4.78 is 5.70. The molecule has 1 aromatic carbocycles. The fourth-order valence-electron chi connectivity index (χ4n) is 1.60. The van der Waals surface area contributed by atoms with E-state index in [4.69, 9.17) is 4.74 Å². The van der Waals surface area contributed by atoms with E-state index in [1.54, 1.807) is 0 Å². The molecule has 2 rings (SSSR count). The fourth-order valence-corrected chi connectivity index (χ4v) is 1.60. The molecule has 0 aromatic heterocycles. The van der Waals surface area contributed by atoms with Crippen molar-refractivity contribution >= 4 is 0 Å². The molecular formula is C12H15O. The Morgan fingerprint density at radius 1 is 1.38 bits per heavy atom. The van der Waals surface area contributed by atoms with Gasteiger partial charge in [0.05, 0.1) is 6.61 Å². The largest absolute Gasteiger partial charge is 0.493 e. The molecule has 0 spiro atoms. The Morgan fingerprint density at radius 3 is 2.92 bits per heavy atom. The highest BCUT2D eigenvalue weighted by atomic mass is 16.5. The van der Waals surface area contributed by atoms with Crippen LogP contribution in [0.5, 0.6) is 5.75 Å². The molecule has 1 nitrogen and oxygen atoms in total. The van der Waals surface area contributed by atoms with Crippen LogP contribution in [0.2, 0.25) is 0 Å². The number of rotatable bonds is 1. The highest BCUT2D eigenvalue weighted by Crippen LogP contribution is 2.37. The molecule has 0 fully saturated rings. The van der Waals surface area contributed by atoms with E-state index in [0.717, 1.165) is 18.8 Å². The molecule has 0 N–H and O–H groups in total. The second-order valence-corrected chi connectivity index (χ2v) is 3.98. The molecule has 0 amide bonds. The Labute approximate surface area is 79.7 Å². The number of hydrogen-bond donors (Lipinski definition) is 0. The summed E-state index contributed by atoms with van der Waals surface area (Å²) in [4.78, 5) is 0. The summed E-state index contributed by atoms with van der Waals surface area (Å²) in [6.07, 6.45) is 3.45. The van der Waals surface area contributed by atoms with Crippen molar-refractivity contribution in [3.63, 3.8) is 0 Å². The molecule has 1 aromatic rings. The zero-order valence-electron chi connectivity index (χ0n) is 8.21. The number of fused-ring (bicyclic) bond motifs is 1. The Morgan fingerprint density at radius 2 is 2.15 bits per heavy atom. The van der Waals surface area contributed by atoms with E-state index in [1.165, 1.54) is 5.56 Å². The number of para-hydroxylation sites is 1. The Hall–Kier alpha value is -0.980. The van der Waals surface area contributed by atoms with Crippen LogP contribution >= 0.6 is 0 Å². The second-order valence-electron chi connectivity index (χ2n) is 3.98. The lowest BCUT2D eigenvalue weighted by atomic mass is 9.80. The van der Waals surface area contributed by atoms with Crippen molar-refractivity contribution in [3.8, 4) is 5.75 Å². The topological polar surface area (TPSA) is 9.23 Å². The maximum atomic E-state index is 5.70. The minimum Gasteiger partial charge on any atom is -0.493 e. The lowest BCUT2D eigenvalue weighted by molar-refractivity contribution is 0.171. The van der Waals surface area contributed by atoms with E-state index >= 15 is 0 Å². The molecule has 0 aliphatic carbocycles. The third kappa shape index (κ3) is 1.55. The summed E-state index contributed by atoms with van der Waals surface area (Å²) in [5.74, 6) is 1.02. The van der Waals surface area contributed by atoms with Gasteiger partial charge in [0.1, 0.15) is 5.75 Å². The third-order valence-corrected chi connectivity index (χ3v) is 2.79. The van der Waals surface area contributed by atoms with Gasteiger partial charge in [-0.3, -0.25) is 0 Å². The highest BCUT2D eigenvalue weighted by Gasteiger charge is 2.29. The Bertz CT molecular complexity index is 306. The van der Waals surface area contributed by atoms with Gasteiger partial charge in [-0.25, -0.2) is 0 Å². The predicted octanol–water partition coefficient (Wildman–Crippen LogP) is 3.05. The molecule has 1 radical (unpaired) electrons. The van der Waals surface area contributed by atoms with Gasteiger partial charge in [-0.1, -0.05) is 32.0 Å². The van der Waals surface area contributed by atoms with E-state index in [-0.39, 0.29) is 5.41 Å². The zero-order valence-corrected chi connectivity index (χ0v) is 8.21. The number of ether oxygens (including phenoxy) is 1. The molecule has 1 aliphatic rings. The second kappa shape index (κ2) is 3.06. The average molecular weight is 175 g/mol. The summed E-state index contributed by atoms with van der Waals surface area (Å²) in [5, 5.41) is 0. The van der Waals surface area contributed by atoms with E-state index in [1.807, 2.05) is 12.1 Å². The maximum Gasteiger partial charge on any atom is 0.122 e. The van der Waals surface area contributed by atoms with E-state index in [9.17, 15) is 0 Å². The minimum atomic E-state index is 0.217. The zero-order chi connectivity index (χ0) is 9.31. The van der Waals surface area contributed by atoms with E-state index in [2.05, 4.69) is 32.4 Å². The molecule has 1 atom stereocenters. The van der Waals surface area contributed by atoms with Crippen molar-refractivity contribution in [1.82, 2.24) is 0 Å². The number of hydrogen-bond acceptors (Lipinski definition) is 1. The van der Waals surface area contributed by atoms with Crippen molar-refractivity contribution in [3.05, 3.63) is 36.2 Å². The molecular weight excluding hydrogens is 160 g/mol. The van der Waals surface area contributed by atoms with Crippen LogP contribution in [-0.2, 0) is 0 Å². The smallest absolute Gasteiger partial charge is 0.122 e. The van der Waals surface area contributed by atoms with Crippen LogP contribution in [-0.4, -0.2) is 6.61 Å². The molecule has 1 heterocycles. The fraction of sp³-hybridized carbons (Fsp3) is 0.417. The highest BCUT2D eigenvalue weighted by molar-refractivity contribution is 5.42. The first-order chi connectivity index (χ1) is 6.23. The predicted molar refractivity (Wildman–Crippen MR) is 53.7 cm³/mol. The van der Waals surface area contributed by atoms with Gasteiger partial charge in [0, 0.05) is 11.8 Å². The average Bonchev–Trinajstić information content (AvgIpc) is 2.18. The van der Waals surface area contributed by atoms with Gasteiger partial charge in [-0.15, -0.1) is 0 Å².